The molecule has 24 heavy (non-hydrogen) atoms. The van der Waals surface area contributed by atoms with Crippen LogP contribution in [0.3, 0.4) is 0 Å². The SMILES string of the molecule is CNc1ncccc1C(=O)N[C@@H]1CCOC[C@H]1OCc1cscn1. The van der Waals surface area contributed by atoms with Gasteiger partial charge in [0.05, 0.1) is 36.0 Å². The van der Waals surface area contributed by atoms with Gasteiger partial charge >= 0.3 is 0 Å². The molecule has 0 spiro atoms. The number of thiazole rings is 1. The molecule has 8 heteroatoms. The van der Waals surface area contributed by atoms with Gasteiger partial charge < -0.3 is 20.1 Å². The van der Waals surface area contributed by atoms with Crippen molar-refractivity contribution in [3.8, 4) is 0 Å². The summed E-state index contributed by atoms with van der Waals surface area (Å²) in [4.78, 5) is 20.9. The highest BCUT2D eigenvalue weighted by Crippen LogP contribution is 2.16. The number of ether oxygens (including phenoxy) is 2. The van der Waals surface area contributed by atoms with Gasteiger partial charge in [0.2, 0.25) is 0 Å². The second-order valence-corrected chi connectivity index (χ2v) is 6.14. The van der Waals surface area contributed by atoms with E-state index >= 15 is 0 Å². The Kier molecular flexibility index (Phi) is 5.73. The minimum absolute atomic E-state index is 0.102. The molecular formula is C16H20N4O3S. The fraction of sp³-hybridized carbons (Fsp3) is 0.438. The molecule has 1 aliphatic rings. The van der Waals surface area contributed by atoms with Gasteiger partial charge in [-0.15, -0.1) is 11.3 Å². The lowest BCUT2D eigenvalue weighted by molar-refractivity contribution is -0.0742. The predicted molar refractivity (Wildman–Crippen MR) is 91.2 cm³/mol. The smallest absolute Gasteiger partial charge is 0.255 e. The quantitative estimate of drug-likeness (QED) is 0.826. The summed E-state index contributed by atoms with van der Waals surface area (Å²) in [5, 5.41) is 7.93. The van der Waals surface area contributed by atoms with Gasteiger partial charge in [-0.1, -0.05) is 0 Å². The standard InChI is InChI=1S/C16H20N4O3S/c1-17-15-12(3-2-5-18-15)16(21)20-13-4-6-22-8-14(13)23-7-11-9-24-10-19-11/h2-3,5,9-10,13-14H,4,6-8H2,1H3,(H,17,18)(H,20,21)/t13-,14-/m1/s1. The maximum atomic E-state index is 12.6. The normalized spacial score (nSPS) is 20.5. The number of amides is 1. The van der Waals surface area contributed by atoms with Crippen LogP contribution in [0.1, 0.15) is 22.5 Å². The predicted octanol–water partition coefficient (Wildman–Crippen LogP) is 1.68. The van der Waals surface area contributed by atoms with E-state index in [4.69, 9.17) is 9.47 Å². The van der Waals surface area contributed by atoms with E-state index in [0.29, 0.717) is 37.6 Å². The first-order valence-corrected chi connectivity index (χ1v) is 8.72. The van der Waals surface area contributed by atoms with Crippen molar-refractivity contribution >= 4 is 23.1 Å². The average molecular weight is 348 g/mol. The van der Waals surface area contributed by atoms with Crippen LogP contribution in [-0.4, -0.2) is 48.3 Å². The lowest BCUT2D eigenvalue weighted by Gasteiger charge is -2.32. The fourth-order valence-corrected chi connectivity index (χ4v) is 3.12. The Bertz CT molecular complexity index is 665. The van der Waals surface area contributed by atoms with Gasteiger partial charge in [0, 0.05) is 25.2 Å². The zero-order valence-electron chi connectivity index (χ0n) is 13.4. The fourth-order valence-electron chi connectivity index (χ4n) is 2.58. The van der Waals surface area contributed by atoms with Crippen molar-refractivity contribution in [2.75, 3.05) is 25.6 Å². The van der Waals surface area contributed by atoms with Crippen LogP contribution >= 0.6 is 11.3 Å². The van der Waals surface area contributed by atoms with Crippen LogP contribution in [0.2, 0.25) is 0 Å². The number of rotatable bonds is 6. The molecule has 2 N–H and O–H groups in total. The topological polar surface area (TPSA) is 85.4 Å². The highest BCUT2D eigenvalue weighted by molar-refractivity contribution is 7.07. The molecule has 0 radical (unpaired) electrons. The van der Waals surface area contributed by atoms with E-state index in [-0.39, 0.29) is 18.1 Å². The second kappa shape index (κ2) is 8.18. The van der Waals surface area contributed by atoms with Crippen LogP contribution in [0.4, 0.5) is 5.82 Å². The van der Waals surface area contributed by atoms with Crippen molar-refractivity contribution in [1.82, 2.24) is 15.3 Å². The number of anilines is 1. The van der Waals surface area contributed by atoms with Crippen molar-refractivity contribution in [1.29, 1.82) is 0 Å². The largest absolute Gasteiger partial charge is 0.379 e. The number of nitrogens with one attached hydrogen (secondary N) is 2. The molecule has 1 aliphatic heterocycles. The lowest BCUT2D eigenvalue weighted by Crippen LogP contribution is -2.50. The number of hydrogen-bond donors (Lipinski definition) is 2. The van der Waals surface area contributed by atoms with Crippen LogP contribution in [-0.2, 0) is 16.1 Å². The van der Waals surface area contributed by atoms with Crippen molar-refractivity contribution in [3.63, 3.8) is 0 Å². The molecule has 1 saturated heterocycles. The summed E-state index contributed by atoms with van der Waals surface area (Å²) < 4.78 is 11.4. The zero-order valence-corrected chi connectivity index (χ0v) is 14.2. The first kappa shape index (κ1) is 16.8. The molecule has 0 aliphatic carbocycles. The number of aromatic nitrogens is 2. The van der Waals surface area contributed by atoms with E-state index < -0.39 is 0 Å². The third-order valence-electron chi connectivity index (χ3n) is 3.84. The number of carbonyl (C=O) groups is 1. The van der Waals surface area contributed by atoms with Gasteiger partial charge in [0.25, 0.3) is 5.91 Å². The third-order valence-corrected chi connectivity index (χ3v) is 4.47. The molecule has 2 atom stereocenters. The maximum Gasteiger partial charge on any atom is 0.255 e. The summed E-state index contributed by atoms with van der Waals surface area (Å²) in [7, 11) is 1.74. The van der Waals surface area contributed by atoms with Crippen LogP contribution in [0.15, 0.2) is 29.2 Å². The van der Waals surface area contributed by atoms with Gasteiger partial charge in [-0.3, -0.25) is 4.79 Å². The van der Waals surface area contributed by atoms with Gasteiger partial charge in [0.15, 0.2) is 0 Å². The summed E-state index contributed by atoms with van der Waals surface area (Å²) in [6.07, 6.45) is 2.17. The van der Waals surface area contributed by atoms with Crippen molar-refractivity contribution in [2.45, 2.75) is 25.2 Å². The Hall–Kier alpha value is -2.03. The first-order chi connectivity index (χ1) is 11.8. The molecule has 1 fully saturated rings. The molecule has 0 saturated carbocycles. The Balaban J connectivity index is 1.63. The highest BCUT2D eigenvalue weighted by atomic mass is 32.1. The number of carbonyl (C=O) groups excluding carboxylic acids is 1. The molecule has 3 rings (SSSR count). The Morgan fingerprint density at radius 1 is 1.50 bits per heavy atom. The monoisotopic (exact) mass is 348 g/mol. The van der Waals surface area contributed by atoms with Crippen molar-refractivity contribution < 1.29 is 14.3 Å². The van der Waals surface area contributed by atoms with Crippen molar-refractivity contribution in [3.05, 3.63) is 40.5 Å². The molecule has 2 aromatic heterocycles. The molecule has 7 nitrogen and oxygen atoms in total. The molecular weight excluding hydrogens is 328 g/mol. The van der Waals surface area contributed by atoms with E-state index in [0.717, 1.165) is 5.69 Å². The minimum atomic E-state index is -0.195. The summed E-state index contributed by atoms with van der Waals surface area (Å²) in [6.45, 7) is 1.48. The summed E-state index contributed by atoms with van der Waals surface area (Å²) in [5.41, 5.74) is 3.18. The van der Waals surface area contributed by atoms with Crippen molar-refractivity contribution in [2.24, 2.45) is 0 Å². The van der Waals surface area contributed by atoms with Gasteiger partial charge in [0.1, 0.15) is 11.9 Å². The van der Waals surface area contributed by atoms with Gasteiger partial charge in [-0.05, 0) is 18.6 Å². The van der Waals surface area contributed by atoms with Crippen LogP contribution < -0.4 is 10.6 Å². The molecule has 0 bridgehead atoms. The molecule has 128 valence electrons. The van der Waals surface area contributed by atoms with E-state index in [9.17, 15) is 4.79 Å². The van der Waals surface area contributed by atoms with E-state index in [1.807, 2.05) is 5.38 Å². The average Bonchev–Trinajstić information content (AvgIpc) is 3.14. The molecule has 2 aromatic rings. The summed E-state index contributed by atoms with van der Waals surface area (Å²) in [6, 6.07) is 3.39. The lowest BCUT2D eigenvalue weighted by atomic mass is 10.1. The number of nitrogens with zero attached hydrogens (tertiary/aromatic N) is 2. The van der Waals surface area contributed by atoms with E-state index in [2.05, 4.69) is 20.6 Å². The number of hydrogen-bond acceptors (Lipinski definition) is 7. The summed E-state index contributed by atoms with van der Waals surface area (Å²) in [5.74, 6) is 0.392. The maximum absolute atomic E-state index is 12.6. The third kappa shape index (κ3) is 4.08. The van der Waals surface area contributed by atoms with Crippen LogP contribution in [0.25, 0.3) is 0 Å². The van der Waals surface area contributed by atoms with Gasteiger partial charge in [-0.2, -0.15) is 0 Å². The first-order valence-electron chi connectivity index (χ1n) is 7.78. The summed E-state index contributed by atoms with van der Waals surface area (Å²) >= 11 is 1.53. The molecule has 3 heterocycles. The zero-order chi connectivity index (χ0) is 16.8. The second-order valence-electron chi connectivity index (χ2n) is 5.42. The van der Waals surface area contributed by atoms with E-state index in [1.165, 1.54) is 11.3 Å². The van der Waals surface area contributed by atoms with Crippen LogP contribution in [0, 0.1) is 0 Å². The highest BCUT2D eigenvalue weighted by Gasteiger charge is 2.29. The Labute approximate surface area is 144 Å². The Morgan fingerprint density at radius 3 is 3.21 bits per heavy atom. The van der Waals surface area contributed by atoms with E-state index in [1.54, 1.807) is 30.9 Å². The van der Waals surface area contributed by atoms with Gasteiger partial charge in [-0.25, -0.2) is 9.97 Å². The number of pyridine rings is 1. The Morgan fingerprint density at radius 2 is 2.42 bits per heavy atom. The van der Waals surface area contributed by atoms with Crippen LogP contribution in [0.5, 0.6) is 0 Å². The molecule has 0 unspecified atom stereocenters. The molecule has 1 amide bonds. The minimum Gasteiger partial charge on any atom is -0.379 e. The molecule has 0 aromatic carbocycles.